The van der Waals surface area contributed by atoms with Gasteiger partial charge in [-0.2, -0.15) is 0 Å². The lowest BCUT2D eigenvalue weighted by molar-refractivity contribution is 0.100. The van der Waals surface area contributed by atoms with Gasteiger partial charge in [0.2, 0.25) is 5.91 Å². The third-order valence-electron chi connectivity index (χ3n) is 2.84. The molecule has 0 fully saturated rings. The third-order valence-corrected chi connectivity index (χ3v) is 4.35. The number of anilines is 1. The predicted octanol–water partition coefficient (Wildman–Crippen LogP) is 5.01. The second kappa shape index (κ2) is 6.75. The highest BCUT2D eigenvalue weighted by atomic mass is 35.5. The van der Waals surface area contributed by atoms with Crippen molar-refractivity contribution in [2.24, 2.45) is 5.73 Å². The topological polar surface area (TPSA) is 55.1 Å². The smallest absolute Gasteiger partial charge is 0.250 e. The number of halogens is 4. The molecule has 0 aliphatic heterocycles. The molecule has 2 rings (SSSR count). The van der Waals surface area contributed by atoms with E-state index in [-0.39, 0.29) is 10.6 Å². The molecular formula is C14H10Cl4N2O. The molecule has 0 spiro atoms. The van der Waals surface area contributed by atoms with Crippen LogP contribution in [-0.4, -0.2) is 5.91 Å². The van der Waals surface area contributed by atoms with Gasteiger partial charge in [0.25, 0.3) is 0 Å². The number of rotatable bonds is 4. The first-order valence-electron chi connectivity index (χ1n) is 5.85. The molecule has 0 radical (unpaired) electrons. The molecule has 21 heavy (non-hydrogen) atoms. The minimum atomic E-state index is -0.576. The lowest BCUT2D eigenvalue weighted by Crippen LogP contribution is -2.11. The Balaban J connectivity index is 2.19. The number of carbonyl (C=O) groups excluding carboxylic acids is 1. The van der Waals surface area contributed by atoms with Gasteiger partial charge in [0.05, 0.1) is 20.6 Å². The Hall–Kier alpha value is -1.13. The number of amides is 1. The summed E-state index contributed by atoms with van der Waals surface area (Å²) in [5.41, 5.74) is 6.84. The maximum atomic E-state index is 11.1. The molecule has 0 atom stereocenters. The van der Waals surface area contributed by atoms with E-state index in [9.17, 15) is 4.79 Å². The molecule has 3 N–H and O–H groups in total. The molecule has 0 heterocycles. The maximum absolute atomic E-state index is 11.1. The second-order valence-corrected chi connectivity index (χ2v) is 5.83. The zero-order valence-corrected chi connectivity index (χ0v) is 13.6. The standard InChI is InChI=1S/C14H10Cl4N2O/c15-10-3-4-11(16)13(18)9(10)6-20-7-1-2-8(14(19)21)12(17)5-7/h1-5,20H,6H2,(H2,19,21). The number of hydrogen-bond donors (Lipinski definition) is 2. The summed E-state index contributed by atoms with van der Waals surface area (Å²) in [6.07, 6.45) is 0. The fourth-order valence-electron chi connectivity index (χ4n) is 1.75. The maximum Gasteiger partial charge on any atom is 0.250 e. The van der Waals surface area contributed by atoms with Gasteiger partial charge in [0, 0.05) is 22.8 Å². The van der Waals surface area contributed by atoms with Crippen molar-refractivity contribution in [3.05, 3.63) is 61.5 Å². The monoisotopic (exact) mass is 362 g/mol. The first-order chi connectivity index (χ1) is 9.90. The Morgan fingerprint density at radius 2 is 1.67 bits per heavy atom. The summed E-state index contributed by atoms with van der Waals surface area (Å²) in [6.45, 7) is 0.366. The van der Waals surface area contributed by atoms with E-state index in [0.717, 1.165) is 0 Å². The van der Waals surface area contributed by atoms with E-state index in [2.05, 4.69) is 5.32 Å². The number of carbonyl (C=O) groups is 1. The molecule has 1 amide bonds. The number of benzene rings is 2. The molecule has 0 saturated heterocycles. The molecule has 0 bridgehead atoms. The summed E-state index contributed by atoms with van der Waals surface area (Å²) in [6, 6.07) is 8.16. The van der Waals surface area contributed by atoms with E-state index in [1.165, 1.54) is 0 Å². The summed E-state index contributed by atoms with van der Waals surface area (Å²) in [5, 5.41) is 4.73. The summed E-state index contributed by atoms with van der Waals surface area (Å²) >= 11 is 24.2. The first-order valence-corrected chi connectivity index (χ1v) is 7.37. The Bertz CT molecular complexity index is 704. The number of primary amides is 1. The van der Waals surface area contributed by atoms with Crippen LogP contribution in [0.25, 0.3) is 0 Å². The molecule has 2 aromatic rings. The molecular weight excluding hydrogens is 354 g/mol. The highest BCUT2D eigenvalue weighted by Crippen LogP contribution is 2.32. The normalized spacial score (nSPS) is 10.5. The summed E-state index contributed by atoms with van der Waals surface area (Å²) in [4.78, 5) is 11.1. The Labute approximate surface area is 141 Å². The third kappa shape index (κ3) is 3.74. The zero-order valence-electron chi connectivity index (χ0n) is 10.6. The second-order valence-electron chi connectivity index (χ2n) is 4.23. The minimum Gasteiger partial charge on any atom is -0.381 e. The Morgan fingerprint density at radius 3 is 2.29 bits per heavy atom. The van der Waals surface area contributed by atoms with Crippen molar-refractivity contribution in [1.82, 2.24) is 0 Å². The Morgan fingerprint density at radius 1 is 1.00 bits per heavy atom. The lowest BCUT2D eigenvalue weighted by Gasteiger charge is -2.12. The number of nitrogens with one attached hydrogen (secondary N) is 1. The van der Waals surface area contributed by atoms with E-state index in [0.29, 0.717) is 32.9 Å². The fourth-order valence-corrected chi connectivity index (χ4v) is 2.70. The van der Waals surface area contributed by atoms with Gasteiger partial charge in [-0.3, -0.25) is 4.79 Å². The van der Waals surface area contributed by atoms with E-state index in [4.69, 9.17) is 52.1 Å². The average molecular weight is 364 g/mol. The highest BCUT2D eigenvalue weighted by Gasteiger charge is 2.11. The van der Waals surface area contributed by atoms with Crippen molar-refractivity contribution in [2.75, 3.05) is 5.32 Å². The van der Waals surface area contributed by atoms with Crippen LogP contribution >= 0.6 is 46.4 Å². The van der Waals surface area contributed by atoms with Gasteiger partial charge in [-0.15, -0.1) is 0 Å². The van der Waals surface area contributed by atoms with E-state index >= 15 is 0 Å². The van der Waals surface area contributed by atoms with Crippen molar-refractivity contribution < 1.29 is 4.79 Å². The van der Waals surface area contributed by atoms with Crippen LogP contribution in [0.2, 0.25) is 20.1 Å². The molecule has 0 aromatic heterocycles. The number of nitrogens with two attached hydrogens (primary N) is 1. The van der Waals surface area contributed by atoms with Crippen LogP contribution in [0.4, 0.5) is 5.69 Å². The van der Waals surface area contributed by atoms with Gasteiger partial charge in [-0.1, -0.05) is 46.4 Å². The van der Waals surface area contributed by atoms with Gasteiger partial charge >= 0.3 is 0 Å². The quantitative estimate of drug-likeness (QED) is 0.750. The van der Waals surface area contributed by atoms with Crippen molar-refractivity contribution >= 4 is 58.0 Å². The van der Waals surface area contributed by atoms with Crippen molar-refractivity contribution in [2.45, 2.75) is 6.54 Å². The molecule has 7 heteroatoms. The van der Waals surface area contributed by atoms with Crippen LogP contribution in [0.15, 0.2) is 30.3 Å². The molecule has 0 aliphatic carbocycles. The Kier molecular flexibility index (Phi) is 5.22. The zero-order chi connectivity index (χ0) is 15.6. The molecule has 2 aromatic carbocycles. The van der Waals surface area contributed by atoms with Gasteiger partial charge in [0.1, 0.15) is 0 Å². The van der Waals surface area contributed by atoms with Gasteiger partial charge in [-0.25, -0.2) is 0 Å². The average Bonchev–Trinajstić information content (AvgIpc) is 2.43. The first kappa shape index (κ1) is 16.2. The highest BCUT2D eigenvalue weighted by molar-refractivity contribution is 6.44. The van der Waals surface area contributed by atoms with Crippen LogP contribution in [0.3, 0.4) is 0 Å². The van der Waals surface area contributed by atoms with E-state index < -0.39 is 5.91 Å². The van der Waals surface area contributed by atoms with Crippen molar-refractivity contribution in [3.63, 3.8) is 0 Å². The molecule has 0 unspecified atom stereocenters. The van der Waals surface area contributed by atoms with Crippen molar-refractivity contribution in [3.8, 4) is 0 Å². The van der Waals surface area contributed by atoms with E-state index in [1.807, 2.05) is 0 Å². The largest absolute Gasteiger partial charge is 0.381 e. The van der Waals surface area contributed by atoms with Crippen molar-refractivity contribution in [1.29, 1.82) is 0 Å². The van der Waals surface area contributed by atoms with Crippen LogP contribution in [0.5, 0.6) is 0 Å². The summed E-state index contributed by atoms with van der Waals surface area (Å²) in [7, 11) is 0. The van der Waals surface area contributed by atoms with Crippen LogP contribution in [-0.2, 0) is 6.54 Å². The lowest BCUT2D eigenvalue weighted by atomic mass is 10.1. The minimum absolute atomic E-state index is 0.265. The molecule has 3 nitrogen and oxygen atoms in total. The SMILES string of the molecule is NC(=O)c1ccc(NCc2c(Cl)ccc(Cl)c2Cl)cc1Cl. The molecule has 0 saturated carbocycles. The molecule has 110 valence electrons. The number of hydrogen-bond acceptors (Lipinski definition) is 2. The van der Waals surface area contributed by atoms with Crippen LogP contribution in [0.1, 0.15) is 15.9 Å². The van der Waals surface area contributed by atoms with E-state index in [1.54, 1.807) is 30.3 Å². The van der Waals surface area contributed by atoms with Gasteiger partial charge in [-0.05, 0) is 30.3 Å². The summed E-state index contributed by atoms with van der Waals surface area (Å²) in [5.74, 6) is -0.576. The van der Waals surface area contributed by atoms with Gasteiger partial charge < -0.3 is 11.1 Å². The van der Waals surface area contributed by atoms with Gasteiger partial charge in [0.15, 0.2) is 0 Å². The molecule has 0 aliphatic rings. The summed E-state index contributed by atoms with van der Waals surface area (Å²) < 4.78 is 0. The van der Waals surface area contributed by atoms with Crippen LogP contribution in [0, 0.1) is 0 Å². The van der Waals surface area contributed by atoms with Crippen LogP contribution < -0.4 is 11.1 Å². The predicted molar refractivity (Wildman–Crippen MR) is 88.8 cm³/mol. The fraction of sp³-hybridized carbons (Fsp3) is 0.0714.